The molecule has 0 radical (unpaired) electrons. The van der Waals surface area contributed by atoms with Crippen LogP contribution in [0.3, 0.4) is 0 Å². The lowest BCUT2D eigenvalue weighted by atomic mass is 9.82. The van der Waals surface area contributed by atoms with Gasteiger partial charge >= 0.3 is 0 Å². The van der Waals surface area contributed by atoms with E-state index in [1.165, 1.54) is 12.1 Å². The van der Waals surface area contributed by atoms with Crippen LogP contribution in [0.4, 0.5) is 4.39 Å². The predicted molar refractivity (Wildman–Crippen MR) is 118 cm³/mol. The molecule has 3 aromatic carbocycles. The van der Waals surface area contributed by atoms with Crippen molar-refractivity contribution in [3.63, 3.8) is 0 Å². The van der Waals surface area contributed by atoms with Crippen LogP contribution >= 0.6 is 0 Å². The number of hydrogen-bond acceptors (Lipinski definition) is 2. The first kappa shape index (κ1) is 20.8. The fourth-order valence-corrected chi connectivity index (χ4v) is 4.11. The summed E-state index contributed by atoms with van der Waals surface area (Å²) in [7, 11) is 0. The molecule has 0 spiro atoms. The second-order valence-electron chi connectivity index (χ2n) is 8.23. The third kappa shape index (κ3) is 4.08. The smallest absolute Gasteiger partial charge is 0.255 e. The average Bonchev–Trinajstić information content (AvgIpc) is 2.77. The molecule has 0 saturated carbocycles. The van der Waals surface area contributed by atoms with Crippen molar-refractivity contribution in [3.05, 3.63) is 106 Å². The zero-order chi connectivity index (χ0) is 22.0. The standard InChI is InChI=1S/C26H25FN2O2/c1-18-7-3-4-9-21(18)16-28-25(31)26(2)15-20-8-5-6-10-23(20)24(30)29(26)17-19-11-13-22(27)14-12-19/h3-14H,15-17H2,1-2H3,(H,28,31)/t26-/m1/s1. The highest BCUT2D eigenvalue weighted by Gasteiger charge is 2.46. The number of carbonyl (C=O) groups excluding carboxylic acids is 2. The van der Waals surface area contributed by atoms with E-state index in [1.807, 2.05) is 49.4 Å². The van der Waals surface area contributed by atoms with Gasteiger partial charge in [0.05, 0.1) is 0 Å². The van der Waals surface area contributed by atoms with Crippen LogP contribution < -0.4 is 5.32 Å². The van der Waals surface area contributed by atoms with E-state index in [-0.39, 0.29) is 24.2 Å². The van der Waals surface area contributed by atoms with E-state index in [9.17, 15) is 14.0 Å². The Morgan fingerprint density at radius 3 is 2.45 bits per heavy atom. The molecule has 0 fully saturated rings. The number of amides is 2. The number of hydrogen-bond donors (Lipinski definition) is 1. The zero-order valence-electron chi connectivity index (χ0n) is 17.7. The van der Waals surface area contributed by atoms with Gasteiger partial charge in [0, 0.05) is 25.1 Å². The molecule has 1 atom stereocenters. The maximum atomic E-state index is 13.4. The summed E-state index contributed by atoms with van der Waals surface area (Å²) in [5.41, 5.74) is 3.30. The van der Waals surface area contributed by atoms with Gasteiger partial charge in [-0.25, -0.2) is 4.39 Å². The number of fused-ring (bicyclic) bond motifs is 1. The van der Waals surface area contributed by atoms with Crippen LogP contribution in [0.1, 0.15) is 39.5 Å². The zero-order valence-corrected chi connectivity index (χ0v) is 17.7. The van der Waals surface area contributed by atoms with Gasteiger partial charge in [0.2, 0.25) is 5.91 Å². The third-order valence-corrected chi connectivity index (χ3v) is 6.07. The summed E-state index contributed by atoms with van der Waals surface area (Å²) in [4.78, 5) is 28.5. The summed E-state index contributed by atoms with van der Waals surface area (Å²) in [5.74, 6) is -0.738. The number of rotatable bonds is 5. The third-order valence-electron chi connectivity index (χ3n) is 6.07. The van der Waals surface area contributed by atoms with E-state index in [0.29, 0.717) is 18.5 Å². The van der Waals surface area contributed by atoms with Crippen molar-refractivity contribution in [2.45, 2.75) is 38.9 Å². The quantitative estimate of drug-likeness (QED) is 0.670. The minimum absolute atomic E-state index is 0.195. The van der Waals surface area contributed by atoms with Crippen LogP contribution in [0.15, 0.2) is 72.8 Å². The van der Waals surface area contributed by atoms with E-state index in [0.717, 1.165) is 22.3 Å². The maximum absolute atomic E-state index is 13.4. The Morgan fingerprint density at radius 1 is 1.03 bits per heavy atom. The number of nitrogens with one attached hydrogen (secondary N) is 1. The first-order valence-electron chi connectivity index (χ1n) is 10.4. The molecule has 1 aliphatic rings. The average molecular weight is 416 g/mol. The Labute approximate surface area is 181 Å². The van der Waals surface area contributed by atoms with Gasteiger partial charge in [0.1, 0.15) is 11.4 Å². The van der Waals surface area contributed by atoms with Crippen molar-refractivity contribution in [3.8, 4) is 0 Å². The summed E-state index contributed by atoms with van der Waals surface area (Å²) in [6, 6.07) is 21.3. The highest BCUT2D eigenvalue weighted by Crippen LogP contribution is 2.33. The lowest BCUT2D eigenvalue weighted by Crippen LogP contribution is -2.62. The van der Waals surface area contributed by atoms with Gasteiger partial charge in [-0.2, -0.15) is 0 Å². The van der Waals surface area contributed by atoms with Gasteiger partial charge in [0.15, 0.2) is 0 Å². The van der Waals surface area contributed by atoms with E-state index in [2.05, 4.69) is 5.32 Å². The van der Waals surface area contributed by atoms with Crippen molar-refractivity contribution in [2.75, 3.05) is 0 Å². The van der Waals surface area contributed by atoms with E-state index in [1.54, 1.807) is 30.0 Å². The Morgan fingerprint density at radius 2 is 1.71 bits per heavy atom. The monoisotopic (exact) mass is 416 g/mol. The molecule has 0 aromatic heterocycles. The molecule has 0 bridgehead atoms. The minimum Gasteiger partial charge on any atom is -0.350 e. The molecule has 3 aromatic rings. The SMILES string of the molecule is Cc1ccccc1CNC(=O)[C@@]1(C)Cc2ccccc2C(=O)N1Cc1ccc(F)cc1. The lowest BCUT2D eigenvalue weighted by Gasteiger charge is -2.44. The topological polar surface area (TPSA) is 49.4 Å². The molecule has 31 heavy (non-hydrogen) atoms. The highest BCUT2D eigenvalue weighted by atomic mass is 19.1. The Hall–Kier alpha value is -3.47. The fraction of sp³-hybridized carbons (Fsp3) is 0.231. The molecule has 0 unspecified atom stereocenters. The van der Waals surface area contributed by atoms with E-state index < -0.39 is 5.54 Å². The van der Waals surface area contributed by atoms with Gasteiger partial charge < -0.3 is 10.2 Å². The molecule has 0 saturated heterocycles. The molecule has 0 aliphatic carbocycles. The Kier molecular flexibility index (Phi) is 5.59. The predicted octanol–water partition coefficient (Wildman–Crippen LogP) is 4.41. The summed E-state index contributed by atoms with van der Waals surface area (Å²) in [6.07, 6.45) is 0.412. The Bertz CT molecular complexity index is 1130. The number of nitrogens with zero attached hydrogens (tertiary/aromatic N) is 1. The van der Waals surface area contributed by atoms with E-state index >= 15 is 0 Å². The second kappa shape index (κ2) is 8.34. The molecule has 158 valence electrons. The van der Waals surface area contributed by atoms with Crippen LogP contribution in [-0.4, -0.2) is 22.3 Å². The molecule has 1 aliphatic heterocycles. The molecule has 4 rings (SSSR count). The van der Waals surface area contributed by atoms with Crippen LogP contribution in [0, 0.1) is 12.7 Å². The van der Waals surface area contributed by atoms with Gasteiger partial charge in [-0.15, -0.1) is 0 Å². The largest absolute Gasteiger partial charge is 0.350 e. The highest BCUT2D eigenvalue weighted by molar-refractivity contribution is 6.02. The number of benzene rings is 3. The fourth-order valence-electron chi connectivity index (χ4n) is 4.11. The van der Waals surface area contributed by atoms with Crippen LogP contribution in [0.2, 0.25) is 0 Å². The first-order valence-corrected chi connectivity index (χ1v) is 10.4. The Balaban J connectivity index is 1.65. The van der Waals surface area contributed by atoms with Crippen LogP contribution in [0.25, 0.3) is 0 Å². The van der Waals surface area contributed by atoms with Crippen molar-refractivity contribution < 1.29 is 14.0 Å². The first-order chi connectivity index (χ1) is 14.9. The maximum Gasteiger partial charge on any atom is 0.255 e. The molecular formula is C26H25FN2O2. The molecule has 4 nitrogen and oxygen atoms in total. The lowest BCUT2D eigenvalue weighted by molar-refractivity contribution is -0.132. The summed E-state index contributed by atoms with van der Waals surface area (Å²) in [5, 5.41) is 3.03. The van der Waals surface area contributed by atoms with Gasteiger partial charge in [0.25, 0.3) is 5.91 Å². The van der Waals surface area contributed by atoms with Crippen molar-refractivity contribution >= 4 is 11.8 Å². The van der Waals surface area contributed by atoms with E-state index in [4.69, 9.17) is 0 Å². The van der Waals surface area contributed by atoms with Gasteiger partial charge in [-0.1, -0.05) is 54.6 Å². The van der Waals surface area contributed by atoms with Crippen molar-refractivity contribution in [1.29, 1.82) is 0 Å². The second-order valence-corrected chi connectivity index (χ2v) is 8.23. The minimum atomic E-state index is -1.07. The normalized spacial score (nSPS) is 17.9. The summed E-state index contributed by atoms with van der Waals surface area (Å²) in [6.45, 7) is 4.42. The number of carbonyl (C=O) groups is 2. The molecule has 1 N–H and O–H groups in total. The van der Waals surface area contributed by atoms with Crippen molar-refractivity contribution in [2.24, 2.45) is 0 Å². The van der Waals surface area contributed by atoms with Crippen LogP contribution in [-0.2, 0) is 24.3 Å². The number of aryl methyl sites for hydroxylation is 1. The molecule has 1 heterocycles. The van der Waals surface area contributed by atoms with Crippen molar-refractivity contribution in [1.82, 2.24) is 10.2 Å². The molecular weight excluding hydrogens is 391 g/mol. The molecule has 5 heteroatoms. The molecule has 2 amide bonds. The van der Waals surface area contributed by atoms with Gasteiger partial charge in [-0.3, -0.25) is 9.59 Å². The summed E-state index contributed by atoms with van der Waals surface area (Å²) < 4.78 is 13.4. The van der Waals surface area contributed by atoms with Gasteiger partial charge in [-0.05, 0) is 54.3 Å². The summed E-state index contributed by atoms with van der Waals surface area (Å²) >= 11 is 0. The van der Waals surface area contributed by atoms with Crippen LogP contribution in [0.5, 0.6) is 0 Å². The number of halogens is 1.